The third kappa shape index (κ3) is 8.34. The smallest absolute Gasteiger partial charge is 0.264 e. The molecule has 3 aromatic carbocycles. The Balaban J connectivity index is 2.12. The molecule has 0 radical (unpaired) electrons. The van der Waals surface area contributed by atoms with Crippen molar-refractivity contribution in [3.63, 3.8) is 0 Å². The van der Waals surface area contributed by atoms with Crippen LogP contribution >= 0.6 is 23.2 Å². The molecule has 0 heterocycles. The largest absolute Gasteiger partial charge is 0.493 e. The number of amides is 2. The summed E-state index contributed by atoms with van der Waals surface area (Å²) in [6.07, 6.45) is 0.989. The Morgan fingerprint density at radius 1 is 0.884 bits per heavy atom. The van der Waals surface area contributed by atoms with E-state index >= 15 is 0 Å². The van der Waals surface area contributed by atoms with Gasteiger partial charge in [-0.15, -0.1) is 0 Å². The van der Waals surface area contributed by atoms with Gasteiger partial charge in [0.15, 0.2) is 11.5 Å². The Hall–Kier alpha value is -3.47. The van der Waals surface area contributed by atoms with Gasteiger partial charge in [0.25, 0.3) is 10.0 Å². The molecular weight excluding hydrogens is 613 g/mol. The van der Waals surface area contributed by atoms with Crippen LogP contribution in [0.2, 0.25) is 10.0 Å². The van der Waals surface area contributed by atoms with Crippen LogP contribution in [0.25, 0.3) is 0 Å². The standard InChI is InChI=1S/C31H37Cl2N3O6S/c1-6-21(3)34-31(38)27(7-2)35(19-22-13-15-25(32)26(33)17-22)30(37)20-36(43(39,40)24-11-9-8-10-12-24)23-14-16-28(41-4)29(18-23)42-5/h8-18,21,27H,6-7,19-20H2,1-5H3,(H,34,38). The number of hydrogen-bond donors (Lipinski definition) is 1. The fourth-order valence-corrected chi connectivity index (χ4v) is 6.17. The summed E-state index contributed by atoms with van der Waals surface area (Å²) in [6, 6.07) is 16.3. The average Bonchev–Trinajstić information content (AvgIpc) is 3.01. The van der Waals surface area contributed by atoms with Crippen LogP contribution in [0.3, 0.4) is 0 Å². The Morgan fingerprint density at radius 2 is 1.56 bits per heavy atom. The molecule has 0 bridgehead atoms. The lowest BCUT2D eigenvalue weighted by Gasteiger charge is -2.34. The molecule has 0 saturated heterocycles. The number of carbonyl (C=O) groups is 2. The Morgan fingerprint density at radius 3 is 2.14 bits per heavy atom. The number of rotatable bonds is 14. The van der Waals surface area contributed by atoms with Crippen LogP contribution in [0.1, 0.15) is 39.2 Å². The van der Waals surface area contributed by atoms with Crippen molar-refractivity contribution in [2.75, 3.05) is 25.1 Å². The van der Waals surface area contributed by atoms with Crippen molar-refractivity contribution >= 4 is 50.7 Å². The predicted molar refractivity (Wildman–Crippen MR) is 170 cm³/mol. The zero-order chi connectivity index (χ0) is 31.7. The van der Waals surface area contributed by atoms with E-state index in [2.05, 4.69) is 5.32 Å². The van der Waals surface area contributed by atoms with E-state index in [9.17, 15) is 18.0 Å². The molecule has 3 aromatic rings. The summed E-state index contributed by atoms with van der Waals surface area (Å²) in [4.78, 5) is 29.0. The topological polar surface area (TPSA) is 105 Å². The molecule has 0 fully saturated rings. The SMILES string of the molecule is CCC(C)NC(=O)C(CC)N(Cc1ccc(Cl)c(Cl)c1)C(=O)CN(c1ccc(OC)c(OC)c1)S(=O)(=O)c1ccccc1. The van der Waals surface area contributed by atoms with E-state index in [0.717, 1.165) is 4.31 Å². The molecule has 43 heavy (non-hydrogen) atoms. The number of nitrogens with one attached hydrogen (secondary N) is 1. The zero-order valence-electron chi connectivity index (χ0n) is 24.8. The van der Waals surface area contributed by atoms with Crippen molar-refractivity contribution in [3.8, 4) is 11.5 Å². The maximum atomic E-state index is 14.2. The van der Waals surface area contributed by atoms with Crippen molar-refractivity contribution in [2.45, 2.75) is 57.1 Å². The lowest BCUT2D eigenvalue weighted by atomic mass is 10.1. The summed E-state index contributed by atoms with van der Waals surface area (Å²) >= 11 is 12.4. The molecule has 2 atom stereocenters. The highest BCUT2D eigenvalue weighted by Gasteiger charge is 2.34. The van der Waals surface area contributed by atoms with Crippen molar-refractivity contribution < 1.29 is 27.5 Å². The number of hydrogen-bond acceptors (Lipinski definition) is 6. The minimum Gasteiger partial charge on any atom is -0.493 e. The van der Waals surface area contributed by atoms with E-state index in [0.29, 0.717) is 27.8 Å². The zero-order valence-corrected chi connectivity index (χ0v) is 27.2. The van der Waals surface area contributed by atoms with E-state index in [-0.39, 0.29) is 41.2 Å². The average molecular weight is 651 g/mol. The number of anilines is 1. The fraction of sp³-hybridized carbons (Fsp3) is 0.355. The van der Waals surface area contributed by atoms with Crippen molar-refractivity contribution in [1.82, 2.24) is 10.2 Å². The van der Waals surface area contributed by atoms with Crippen LogP contribution in [0.15, 0.2) is 71.6 Å². The monoisotopic (exact) mass is 649 g/mol. The highest BCUT2D eigenvalue weighted by Crippen LogP contribution is 2.34. The molecular formula is C31H37Cl2N3O6S. The van der Waals surface area contributed by atoms with Gasteiger partial charge in [0.05, 0.1) is 34.8 Å². The first-order valence-corrected chi connectivity index (χ1v) is 16.0. The molecule has 0 saturated carbocycles. The second kappa shape index (κ2) is 15.3. The first kappa shape index (κ1) is 34.0. The van der Waals surface area contributed by atoms with Crippen molar-refractivity contribution in [1.29, 1.82) is 0 Å². The third-order valence-corrected chi connectivity index (χ3v) is 9.52. The third-order valence-electron chi connectivity index (χ3n) is 6.99. The van der Waals surface area contributed by atoms with Gasteiger partial charge in [-0.3, -0.25) is 13.9 Å². The minimum atomic E-state index is -4.24. The Labute approximate surface area is 263 Å². The number of benzene rings is 3. The normalized spacial score (nSPS) is 12.6. The van der Waals surface area contributed by atoms with Crippen molar-refractivity contribution in [3.05, 3.63) is 82.3 Å². The fourth-order valence-electron chi connectivity index (χ4n) is 4.42. The molecule has 0 aliphatic carbocycles. The van der Waals surface area contributed by atoms with Gasteiger partial charge in [-0.25, -0.2) is 8.42 Å². The summed E-state index contributed by atoms with van der Waals surface area (Å²) in [5.41, 5.74) is 0.808. The van der Waals surface area contributed by atoms with Gasteiger partial charge in [-0.2, -0.15) is 0 Å². The van der Waals surface area contributed by atoms with Gasteiger partial charge in [0, 0.05) is 18.7 Å². The van der Waals surface area contributed by atoms with Gasteiger partial charge < -0.3 is 19.7 Å². The maximum Gasteiger partial charge on any atom is 0.264 e. The second-order valence-electron chi connectivity index (χ2n) is 9.88. The molecule has 1 N–H and O–H groups in total. The van der Waals surface area contributed by atoms with E-state index in [4.69, 9.17) is 32.7 Å². The molecule has 0 aliphatic rings. The molecule has 3 rings (SSSR count). The van der Waals surface area contributed by atoms with E-state index < -0.39 is 28.5 Å². The van der Waals surface area contributed by atoms with Crippen LogP contribution in [-0.2, 0) is 26.2 Å². The van der Waals surface area contributed by atoms with E-state index in [1.165, 1.54) is 43.4 Å². The quantitative estimate of drug-likeness (QED) is 0.232. The molecule has 232 valence electrons. The van der Waals surface area contributed by atoms with Crippen molar-refractivity contribution in [2.24, 2.45) is 0 Å². The van der Waals surface area contributed by atoms with Gasteiger partial charge in [0.2, 0.25) is 11.8 Å². The van der Waals surface area contributed by atoms with Crippen LogP contribution in [0, 0.1) is 0 Å². The predicted octanol–water partition coefficient (Wildman–Crippen LogP) is 5.93. The van der Waals surface area contributed by atoms with E-state index in [1.54, 1.807) is 49.4 Å². The molecule has 0 aliphatic heterocycles. The highest BCUT2D eigenvalue weighted by molar-refractivity contribution is 7.92. The van der Waals surface area contributed by atoms with Crippen LogP contribution in [0.4, 0.5) is 5.69 Å². The van der Waals surface area contributed by atoms with Gasteiger partial charge in [-0.1, -0.05) is 61.3 Å². The summed E-state index contributed by atoms with van der Waals surface area (Å²) in [5, 5.41) is 3.59. The molecule has 12 heteroatoms. The Kier molecular flexibility index (Phi) is 12.1. The lowest BCUT2D eigenvalue weighted by Crippen LogP contribution is -2.53. The minimum absolute atomic E-state index is 0.00447. The molecule has 0 spiro atoms. The summed E-state index contributed by atoms with van der Waals surface area (Å²) in [5.74, 6) is -0.253. The number of halogens is 2. The summed E-state index contributed by atoms with van der Waals surface area (Å²) in [7, 11) is -1.34. The van der Waals surface area contributed by atoms with Crippen LogP contribution in [0.5, 0.6) is 11.5 Å². The molecule has 2 amide bonds. The summed E-state index contributed by atoms with van der Waals surface area (Å²) < 4.78 is 39.8. The number of methoxy groups -OCH3 is 2. The molecule has 0 aromatic heterocycles. The molecule has 2 unspecified atom stereocenters. The van der Waals surface area contributed by atoms with Gasteiger partial charge >= 0.3 is 0 Å². The maximum absolute atomic E-state index is 14.2. The first-order chi connectivity index (χ1) is 20.5. The second-order valence-corrected chi connectivity index (χ2v) is 12.6. The van der Waals surface area contributed by atoms with E-state index in [1.807, 2.05) is 13.8 Å². The molecule has 9 nitrogen and oxygen atoms in total. The number of nitrogens with zero attached hydrogens (tertiary/aromatic N) is 2. The first-order valence-electron chi connectivity index (χ1n) is 13.8. The highest BCUT2D eigenvalue weighted by atomic mass is 35.5. The van der Waals surface area contributed by atoms with Gasteiger partial charge in [-0.05, 0) is 61.7 Å². The lowest BCUT2D eigenvalue weighted by molar-refractivity contribution is -0.140. The number of sulfonamides is 1. The van der Waals surface area contributed by atoms with Gasteiger partial charge in [0.1, 0.15) is 12.6 Å². The van der Waals surface area contributed by atoms with Crippen LogP contribution in [-0.4, -0.2) is 58.0 Å². The summed E-state index contributed by atoms with van der Waals surface area (Å²) in [6.45, 7) is 5.01. The number of ether oxygens (including phenoxy) is 2. The Bertz CT molecular complexity index is 1520. The van der Waals surface area contributed by atoms with Crippen LogP contribution < -0.4 is 19.1 Å². The number of carbonyl (C=O) groups excluding carboxylic acids is 2.